The van der Waals surface area contributed by atoms with Gasteiger partial charge < -0.3 is 10.8 Å². The fourth-order valence-electron chi connectivity index (χ4n) is 1.83. The molecule has 0 spiro atoms. The number of rotatable bonds is 5. The van der Waals surface area contributed by atoms with Crippen LogP contribution in [0.25, 0.3) is 0 Å². The number of hydrogen-bond donors (Lipinski definition) is 3. The van der Waals surface area contributed by atoms with Crippen molar-refractivity contribution in [3.8, 4) is 0 Å². The largest absolute Gasteiger partial charge is 0.399 e. The quantitative estimate of drug-likeness (QED) is 0.717. The molecule has 1 unspecified atom stereocenters. The first-order valence-electron chi connectivity index (χ1n) is 6.36. The normalized spacial score (nSPS) is 14.2. The summed E-state index contributed by atoms with van der Waals surface area (Å²) in [5.41, 5.74) is 5.12. The predicted molar refractivity (Wildman–Crippen MR) is 81.1 cm³/mol. The van der Waals surface area contributed by atoms with Crippen molar-refractivity contribution in [2.45, 2.75) is 38.1 Å². The minimum atomic E-state index is -4.14. The third-order valence-electron chi connectivity index (χ3n) is 3.07. The molecule has 0 aliphatic carbocycles. The number of aliphatic hydroxyl groups excluding tert-OH is 1. The van der Waals surface area contributed by atoms with E-state index in [1.807, 2.05) is 20.8 Å². The van der Waals surface area contributed by atoms with Gasteiger partial charge in [-0.1, -0.05) is 32.4 Å². The Morgan fingerprint density at radius 3 is 2.48 bits per heavy atom. The van der Waals surface area contributed by atoms with Crippen molar-refractivity contribution in [2.75, 3.05) is 12.3 Å². The number of nitrogens with two attached hydrogens (primary N) is 1. The maximum atomic E-state index is 14.0. The van der Waals surface area contributed by atoms with E-state index in [1.165, 1.54) is 0 Å². The van der Waals surface area contributed by atoms with E-state index in [2.05, 4.69) is 4.72 Å². The second-order valence-corrected chi connectivity index (χ2v) is 7.96. The summed E-state index contributed by atoms with van der Waals surface area (Å²) < 4.78 is 41.0. The molecule has 0 radical (unpaired) electrons. The van der Waals surface area contributed by atoms with Crippen molar-refractivity contribution in [3.05, 3.63) is 23.0 Å². The summed E-state index contributed by atoms with van der Waals surface area (Å²) in [5, 5.41) is 8.70. The zero-order valence-corrected chi connectivity index (χ0v) is 13.7. The minimum Gasteiger partial charge on any atom is -0.399 e. The molecule has 0 heterocycles. The maximum absolute atomic E-state index is 14.0. The van der Waals surface area contributed by atoms with E-state index in [9.17, 15) is 12.8 Å². The van der Waals surface area contributed by atoms with Crippen LogP contribution in [0.5, 0.6) is 0 Å². The molecule has 0 aromatic heterocycles. The third-order valence-corrected chi connectivity index (χ3v) is 4.81. The molecule has 0 amide bonds. The molecule has 0 aliphatic heterocycles. The van der Waals surface area contributed by atoms with Gasteiger partial charge in [-0.2, -0.15) is 0 Å². The van der Waals surface area contributed by atoms with Crippen LogP contribution in [-0.2, 0) is 10.0 Å². The smallest absolute Gasteiger partial charge is 0.243 e. The molecular weight excluding hydrogens is 319 g/mol. The van der Waals surface area contributed by atoms with Crippen LogP contribution >= 0.6 is 11.6 Å². The standard InChI is InChI=1S/C13H20ClFN2O3S/c1-13(2,3)11(4-5-18)17-21(19,20)10-7-8(16)6-9(14)12(10)15/h6-7,11,17-18H,4-5,16H2,1-3H3. The Morgan fingerprint density at radius 1 is 1.43 bits per heavy atom. The Kier molecular flexibility index (Phi) is 5.60. The number of nitrogen functional groups attached to an aromatic ring is 1. The number of anilines is 1. The average molecular weight is 339 g/mol. The lowest BCUT2D eigenvalue weighted by Crippen LogP contribution is -2.44. The molecule has 0 saturated heterocycles. The van der Waals surface area contributed by atoms with Crippen LogP contribution in [0.4, 0.5) is 10.1 Å². The van der Waals surface area contributed by atoms with Crippen LogP contribution in [-0.4, -0.2) is 26.2 Å². The summed E-state index contributed by atoms with van der Waals surface area (Å²) in [4.78, 5) is -0.598. The van der Waals surface area contributed by atoms with Crippen molar-refractivity contribution in [2.24, 2.45) is 5.41 Å². The summed E-state index contributed by atoms with van der Waals surface area (Å²) >= 11 is 5.63. The van der Waals surface area contributed by atoms with Gasteiger partial charge in [0.2, 0.25) is 10.0 Å². The summed E-state index contributed by atoms with van der Waals surface area (Å²) in [6, 6.07) is 1.60. The monoisotopic (exact) mass is 338 g/mol. The van der Waals surface area contributed by atoms with E-state index in [1.54, 1.807) is 0 Å². The van der Waals surface area contributed by atoms with Gasteiger partial charge in [-0.25, -0.2) is 17.5 Å². The van der Waals surface area contributed by atoms with Gasteiger partial charge in [0.25, 0.3) is 0 Å². The van der Waals surface area contributed by atoms with Crippen molar-refractivity contribution >= 4 is 27.3 Å². The number of aliphatic hydroxyl groups is 1. The van der Waals surface area contributed by atoms with E-state index >= 15 is 0 Å². The molecule has 8 heteroatoms. The fourth-order valence-corrected chi connectivity index (χ4v) is 3.72. The maximum Gasteiger partial charge on any atom is 0.243 e. The number of hydrogen-bond acceptors (Lipinski definition) is 4. The zero-order valence-electron chi connectivity index (χ0n) is 12.2. The van der Waals surface area contributed by atoms with Crippen LogP contribution in [0, 0.1) is 11.2 Å². The Labute approximate surface area is 129 Å². The van der Waals surface area contributed by atoms with E-state index in [0.29, 0.717) is 0 Å². The highest BCUT2D eigenvalue weighted by Gasteiger charge is 2.31. The van der Waals surface area contributed by atoms with Crippen LogP contribution < -0.4 is 10.5 Å². The van der Waals surface area contributed by atoms with Gasteiger partial charge in [0.1, 0.15) is 4.90 Å². The molecule has 0 fully saturated rings. The van der Waals surface area contributed by atoms with Gasteiger partial charge in [-0.15, -0.1) is 0 Å². The second kappa shape index (κ2) is 6.48. The van der Waals surface area contributed by atoms with Gasteiger partial charge in [0.15, 0.2) is 5.82 Å². The average Bonchev–Trinajstić information content (AvgIpc) is 2.31. The van der Waals surface area contributed by atoms with Crippen LogP contribution in [0.2, 0.25) is 5.02 Å². The second-order valence-electron chi connectivity index (χ2n) is 5.87. The van der Waals surface area contributed by atoms with Gasteiger partial charge in [0.05, 0.1) is 5.02 Å². The molecule has 0 saturated carbocycles. The van der Waals surface area contributed by atoms with E-state index in [0.717, 1.165) is 12.1 Å². The Balaban J connectivity index is 3.23. The number of halogens is 2. The highest BCUT2D eigenvalue weighted by atomic mass is 35.5. The van der Waals surface area contributed by atoms with E-state index < -0.39 is 32.2 Å². The molecule has 4 N–H and O–H groups in total. The molecule has 1 rings (SSSR count). The minimum absolute atomic E-state index is 0.0521. The Morgan fingerprint density at radius 2 is 2.00 bits per heavy atom. The molecular formula is C13H20ClFN2O3S. The molecule has 21 heavy (non-hydrogen) atoms. The summed E-state index contributed by atoms with van der Waals surface area (Å²) in [7, 11) is -4.14. The SMILES string of the molecule is CC(C)(C)C(CCO)NS(=O)(=O)c1cc(N)cc(Cl)c1F. The van der Waals surface area contributed by atoms with Crippen LogP contribution in [0.15, 0.2) is 17.0 Å². The summed E-state index contributed by atoms with van der Waals surface area (Å²) in [6.07, 6.45) is 0.209. The molecule has 1 aromatic rings. The zero-order chi connectivity index (χ0) is 16.4. The first kappa shape index (κ1) is 18.2. The Bertz CT molecular complexity index is 615. The third kappa shape index (κ3) is 4.54. The first-order valence-corrected chi connectivity index (χ1v) is 8.23. The predicted octanol–water partition coefficient (Wildman–Crippen LogP) is 2.14. The van der Waals surface area contributed by atoms with Gasteiger partial charge in [0, 0.05) is 18.3 Å². The molecule has 0 aliphatic rings. The molecule has 0 bridgehead atoms. The molecule has 5 nitrogen and oxygen atoms in total. The van der Waals surface area contributed by atoms with Gasteiger partial charge in [-0.05, 0) is 24.0 Å². The topological polar surface area (TPSA) is 92.4 Å². The highest BCUT2D eigenvalue weighted by molar-refractivity contribution is 7.89. The highest BCUT2D eigenvalue weighted by Crippen LogP contribution is 2.28. The lowest BCUT2D eigenvalue weighted by atomic mass is 9.86. The Hall–Kier alpha value is -0.890. The number of nitrogens with one attached hydrogen (secondary N) is 1. The van der Waals surface area contributed by atoms with E-state index in [-0.39, 0.29) is 23.7 Å². The lowest BCUT2D eigenvalue weighted by molar-refractivity contribution is 0.214. The molecule has 1 aromatic carbocycles. The van der Waals surface area contributed by atoms with Crippen LogP contribution in [0.1, 0.15) is 27.2 Å². The lowest BCUT2D eigenvalue weighted by Gasteiger charge is -2.30. The summed E-state index contributed by atoms with van der Waals surface area (Å²) in [5.74, 6) is -1.05. The van der Waals surface area contributed by atoms with Gasteiger partial charge >= 0.3 is 0 Å². The van der Waals surface area contributed by atoms with Crippen molar-refractivity contribution in [3.63, 3.8) is 0 Å². The molecule has 120 valence electrons. The van der Waals surface area contributed by atoms with Crippen LogP contribution in [0.3, 0.4) is 0 Å². The van der Waals surface area contributed by atoms with Gasteiger partial charge in [-0.3, -0.25) is 0 Å². The molecule has 1 atom stereocenters. The fraction of sp³-hybridized carbons (Fsp3) is 0.538. The van der Waals surface area contributed by atoms with Crippen molar-refractivity contribution in [1.29, 1.82) is 0 Å². The number of benzene rings is 1. The summed E-state index contributed by atoms with van der Waals surface area (Å²) in [6.45, 7) is 5.26. The van der Waals surface area contributed by atoms with Crippen molar-refractivity contribution in [1.82, 2.24) is 4.72 Å². The number of sulfonamides is 1. The van der Waals surface area contributed by atoms with E-state index in [4.69, 9.17) is 22.4 Å². The van der Waals surface area contributed by atoms with Crippen molar-refractivity contribution < 1.29 is 17.9 Å². The first-order chi connectivity index (χ1) is 9.49.